The van der Waals surface area contributed by atoms with Crippen LogP contribution in [0.25, 0.3) is 0 Å². The molecule has 39 heavy (non-hydrogen) atoms. The Kier molecular flexibility index (Phi) is 9.92. The summed E-state index contributed by atoms with van der Waals surface area (Å²) in [5.41, 5.74) is 1.30. The number of benzene rings is 2. The number of ether oxygens (including phenoxy) is 1. The Morgan fingerprint density at radius 1 is 1.03 bits per heavy atom. The monoisotopic (exact) mass is 578 g/mol. The maximum Gasteiger partial charge on any atom is 0.322 e. The maximum absolute atomic E-state index is 13.6. The van der Waals surface area contributed by atoms with Crippen LogP contribution in [0, 0.1) is 6.92 Å². The molecule has 0 amide bonds. The molecule has 1 aromatic heterocycles. The highest BCUT2D eigenvalue weighted by molar-refractivity contribution is 7.89. The first-order valence-electron chi connectivity index (χ1n) is 11.6. The number of carbonyl (C=O) groups is 1. The van der Waals surface area contributed by atoms with Crippen molar-refractivity contribution in [1.82, 2.24) is 9.29 Å². The van der Waals surface area contributed by atoms with E-state index in [9.17, 15) is 31.1 Å². The predicted octanol–water partition coefficient (Wildman–Crippen LogP) is 3.69. The minimum Gasteiger partial charge on any atom is -0.491 e. The quantitative estimate of drug-likeness (QED) is 0.224. The first-order chi connectivity index (χ1) is 18.4. The number of nitrogens with zero attached hydrogens (tertiary/aromatic N) is 2. The first kappa shape index (κ1) is 29.9. The molecular formula is C26H27FN2O8S2. The number of pyridine rings is 1. The highest BCUT2D eigenvalue weighted by Gasteiger charge is 2.36. The third kappa shape index (κ3) is 8.17. The fourth-order valence-corrected chi connectivity index (χ4v) is 5.94. The van der Waals surface area contributed by atoms with Gasteiger partial charge in [-0.1, -0.05) is 30.3 Å². The molecule has 0 aliphatic carbocycles. The van der Waals surface area contributed by atoms with Crippen molar-refractivity contribution >= 4 is 26.1 Å². The van der Waals surface area contributed by atoms with Gasteiger partial charge in [-0.05, 0) is 55.0 Å². The molecule has 0 saturated carbocycles. The van der Waals surface area contributed by atoms with Crippen LogP contribution in [0.15, 0.2) is 95.3 Å². The van der Waals surface area contributed by atoms with Crippen LogP contribution in [0.2, 0.25) is 0 Å². The molecule has 1 N–H and O–H groups in total. The molecule has 0 aliphatic heterocycles. The van der Waals surface area contributed by atoms with Crippen LogP contribution in [0.4, 0.5) is 4.39 Å². The third-order valence-electron chi connectivity index (χ3n) is 5.44. The zero-order chi connectivity index (χ0) is 28.6. The number of hydrogen-bond donors (Lipinski definition) is 1. The van der Waals surface area contributed by atoms with E-state index in [1.807, 2.05) is 6.92 Å². The molecular weight excluding hydrogens is 551 g/mol. The molecule has 10 nitrogen and oxygen atoms in total. The van der Waals surface area contributed by atoms with Crippen molar-refractivity contribution in [2.24, 2.45) is 0 Å². The van der Waals surface area contributed by atoms with Gasteiger partial charge in [0, 0.05) is 25.4 Å². The van der Waals surface area contributed by atoms with Crippen molar-refractivity contribution < 1.29 is 40.0 Å². The van der Waals surface area contributed by atoms with Crippen LogP contribution in [0.3, 0.4) is 0 Å². The first-order valence-corrected chi connectivity index (χ1v) is 14.4. The van der Waals surface area contributed by atoms with E-state index >= 15 is 0 Å². The molecule has 0 unspecified atom stereocenters. The van der Waals surface area contributed by atoms with Crippen molar-refractivity contribution in [2.45, 2.75) is 35.7 Å². The molecule has 0 bridgehead atoms. The normalized spacial score (nSPS) is 12.7. The third-order valence-corrected chi connectivity index (χ3v) is 8.63. The smallest absolute Gasteiger partial charge is 0.322 e. The summed E-state index contributed by atoms with van der Waals surface area (Å²) in [6.07, 6.45) is 2.12. The Bertz CT molecular complexity index is 1500. The van der Waals surface area contributed by atoms with Gasteiger partial charge in [-0.3, -0.25) is 14.0 Å². The summed E-state index contributed by atoms with van der Waals surface area (Å²) in [4.78, 5) is 15.6. The van der Waals surface area contributed by atoms with Crippen molar-refractivity contribution in [3.05, 3.63) is 96.6 Å². The zero-order valence-corrected chi connectivity index (χ0v) is 22.6. The topological polar surface area (TPSA) is 140 Å². The Morgan fingerprint density at radius 2 is 1.67 bits per heavy atom. The second kappa shape index (κ2) is 12.9. The molecule has 13 heteroatoms. The molecule has 1 heterocycles. The van der Waals surface area contributed by atoms with Gasteiger partial charge < -0.3 is 9.84 Å². The lowest BCUT2D eigenvalue weighted by molar-refractivity contribution is -0.141. The fraction of sp³-hybridized carbons (Fsp3) is 0.231. The number of rotatable bonds is 14. The Morgan fingerprint density at radius 3 is 2.23 bits per heavy atom. The summed E-state index contributed by atoms with van der Waals surface area (Å²) in [5, 5.41) is 9.68. The van der Waals surface area contributed by atoms with Crippen LogP contribution in [0.5, 0.6) is 5.75 Å². The molecule has 0 fully saturated rings. The van der Waals surface area contributed by atoms with Gasteiger partial charge in [-0.25, -0.2) is 12.8 Å². The molecule has 0 saturated heterocycles. The van der Waals surface area contributed by atoms with Gasteiger partial charge in [0.1, 0.15) is 25.0 Å². The number of aryl methyl sites for hydroxylation is 1. The Balaban J connectivity index is 1.72. The predicted molar refractivity (Wildman–Crippen MR) is 140 cm³/mol. The van der Waals surface area contributed by atoms with Gasteiger partial charge in [0.25, 0.3) is 10.1 Å². The SMILES string of the molecule is C=C(F)C[C@@H](C(=O)O)N(Cc1cccnc1)S(=O)(=O)c1ccc(OCCOS(=O)(=O)c2ccc(C)cc2)cc1. The lowest BCUT2D eigenvalue weighted by Crippen LogP contribution is -2.44. The fourth-order valence-electron chi connectivity index (χ4n) is 3.48. The average Bonchev–Trinajstić information content (AvgIpc) is 2.89. The van der Waals surface area contributed by atoms with E-state index in [4.69, 9.17) is 8.92 Å². The second-order valence-electron chi connectivity index (χ2n) is 8.40. The van der Waals surface area contributed by atoms with Crippen LogP contribution in [0.1, 0.15) is 17.5 Å². The lowest BCUT2D eigenvalue weighted by atomic mass is 10.2. The van der Waals surface area contributed by atoms with Gasteiger partial charge in [0.05, 0.1) is 15.6 Å². The minimum atomic E-state index is -4.43. The number of hydrogen-bond acceptors (Lipinski definition) is 8. The van der Waals surface area contributed by atoms with Gasteiger partial charge >= 0.3 is 5.97 Å². The van der Waals surface area contributed by atoms with Crippen LogP contribution in [-0.4, -0.2) is 56.5 Å². The van der Waals surface area contributed by atoms with Crippen LogP contribution in [-0.2, 0) is 35.7 Å². The van der Waals surface area contributed by atoms with Crippen LogP contribution >= 0.6 is 0 Å². The van der Waals surface area contributed by atoms with E-state index in [1.54, 1.807) is 24.3 Å². The molecule has 3 rings (SSSR count). The Labute approximate surface area is 226 Å². The summed E-state index contributed by atoms with van der Waals surface area (Å²) >= 11 is 0. The van der Waals surface area contributed by atoms with E-state index < -0.39 is 44.4 Å². The number of aliphatic carboxylic acids is 1. The van der Waals surface area contributed by atoms with E-state index in [-0.39, 0.29) is 35.3 Å². The number of carboxylic acid groups (broad SMARTS) is 1. The van der Waals surface area contributed by atoms with Gasteiger partial charge in [-0.15, -0.1) is 0 Å². The number of carboxylic acids is 1. The highest BCUT2D eigenvalue weighted by atomic mass is 32.2. The number of sulfonamides is 1. The molecule has 0 spiro atoms. The maximum atomic E-state index is 13.6. The van der Waals surface area contributed by atoms with Gasteiger partial charge in [-0.2, -0.15) is 12.7 Å². The van der Waals surface area contributed by atoms with E-state index in [0.29, 0.717) is 9.87 Å². The van der Waals surface area contributed by atoms with Crippen molar-refractivity contribution in [1.29, 1.82) is 0 Å². The second-order valence-corrected chi connectivity index (χ2v) is 11.9. The van der Waals surface area contributed by atoms with Gasteiger partial charge in [0.15, 0.2) is 0 Å². The van der Waals surface area contributed by atoms with Gasteiger partial charge in [0.2, 0.25) is 10.0 Å². The van der Waals surface area contributed by atoms with E-state index in [2.05, 4.69) is 11.6 Å². The summed E-state index contributed by atoms with van der Waals surface area (Å²) in [6.45, 7) is 4.09. The zero-order valence-electron chi connectivity index (χ0n) is 20.9. The van der Waals surface area contributed by atoms with Crippen molar-refractivity contribution in [2.75, 3.05) is 13.2 Å². The summed E-state index contributed by atoms with van der Waals surface area (Å²) in [7, 11) is -8.39. The average molecular weight is 579 g/mol. The highest BCUT2D eigenvalue weighted by Crippen LogP contribution is 2.26. The van der Waals surface area contributed by atoms with E-state index in [1.165, 1.54) is 48.8 Å². The molecule has 0 aliphatic rings. The minimum absolute atomic E-state index is 0.00879. The van der Waals surface area contributed by atoms with Crippen LogP contribution < -0.4 is 4.74 Å². The lowest BCUT2D eigenvalue weighted by Gasteiger charge is -2.28. The molecule has 208 valence electrons. The Hall–Kier alpha value is -3.65. The number of aromatic nitrogens is 1. The summed E-state index contributed by atoms with van der Waals surface area (Å²) in [5.74, 6) is -2.30. The van der Waals surface area contributed by atoms with Crippen molar-refractivity contribution in [3.8, 4) is 5.75 Å². The molecule has 1 atom stereocenters. The molecule has 0 radical (unpaired) electrons. The molecule has 2 aromatic carbocycles. The molecule has 3 aromatic rings. The largest absolute Gasteiger partial charge is 0.491 e. The van der Waals surface area contributed by atoms with E-state index in [0.717, 1.165) is 5.56 Å². The summed E-state index contributed by atoms with van der Waals surface area (Å²) < 4.78 is 76.2. The standard InChI is InChI=1S/C26H27FN2O8S2/c1-19-5-9-24(10-6-19)39(34,35)37-15-14-36-22-7-11-23(12-8-22)38(32,33)29(18-21-4-3-13-28-17-21)25(26(30)31)16-20(2)27/h3-13,17,25H,2,14-16,18H2,1H3,(H,30,31)/t25-/m0/s1. The number of halogens is 1. The van der Waals surface area contributed by atoms with Crippen molar-refractivity contribution in [3.63, 3.8) is 0 Å². The summed E-state index contributed by atoms with van der Waals surface area (Å²) in [6, 6.07) is 12.6.